The highest BCUT2D eigenvalue weighted by Gasteiger charge is 2.33. The molecule has 0 saturated carbocycles. The number of rotatable bonds is 2. The van der Waals surface area contributed by atoms with Crippen LogP contribution < -0.4 is 10.9 Å². The van der Waals surface area contributed by atoms with Gasteiger partial charge in [-0.3, -0.25) is 0 Å². The van der Waals surface area contributed by atoms with Crippen LogP contribution in [-0.2, 0) is 16.2 Å². The molecule has 4 N–H and O–H groups in total. The summed E-state index contributed by atoms with van der Waals surface area (Å²) >= 11 is 0. The number of hydrogen-bond donors (Lipinski definition) is 2. The monoisotopic (exact) mass is 320 g/mol. The van der Waals surface area contributed by atoms with Crippen LogP contribution in [0.5, 0.6) is 0 Å². The molecule has 6 nitrogen and oxygen atoms in total. The van der Waals surface area contributed by atoms with Gasteiger partial charge in [0.15, 0.2) is 5.69 Å². The topological polar surface area (TPSA) is 104 Å². The van der Waals surface area contributed by atoms with Crippen LogP contribution in [0.25, 0.3) is 5.69 Å². The van der Waals surface area contributed by atoms with E-state index < -0.39 is 21.9 Å². The lowest BCUT2D eigenvalue weighted by Crippen LogP contribution is -2.16. The average Bonchev–Trinajstić information content (AvgIpc) is 2.79. The Labute approximate surface area is 118 Å². The van der Waals surface area contributed by atoms with Crippen molar-refractivity contribution in [1.29, 1.82) is 0 Å². The number of halogens is 3. The third-order valence-electron chi connectivity index (χ3n) is 2.79. The highest BCUT2D eigenvalue weighted by Crippen LogP contribution is 2.29. The average molecular weight is 320 g/mol. The van der Waals surface area contributed by atoms with E-state index in [1.807, 2.05) is 0 Å². The van der Waals surface area contributed by atoms with Crippen molar-refractivity contribution in [2.45, 2.75) is 18.0 Å². The highest BCUT2D eigenvalue weighted by atomic mass is 32.2. The third kappa shape index (κ3) is 3.00. The SMILES string of the molecule is Cc1c(-n2ccc(C(F)(F)F)n2)cc(N)cc1S(N)(=O)=O. The summed E-state index contributed by atoms with van der Waals surface area (Å²) in [6.45, 7) is 1.41. The lowest BCUT2D eigenvalue weighted by atomic mass is 10.2. The predicted octanol–water partition coefficient (Wildman–Crippen LogP) is 1.43. The van der Waals surface area contributed by atoms with Gasteiger partial charge in [0.05, 0.1) is 10.6 Å². The number of alkyl halides is 3. The first-order chi connectivity index (χ1) is 9.50. The molecule has 2 rings (SSSR count). The number of aromatic nitrogens is 2. The number of nitrogens with zero attached hydrogens (tertiary/aromatic N) is 2. The van der Waals surface area contributed by atoms with E-state index in [0.29, 0.717) is 0 Å². The summed E-state index contributed by atoms with van der Waals surface area (Å²) in [7, 11) is -4.05. The molecule has 0 bridgehead atoms. The van der Waals surface area contributed by atoms with E-state index in [1.54, 1.807) is 0 Å². The maximum Gasteiger partial charge on any atom is 0.435 e. The molecule has 114 valence electrons. The minimum atomic E-state index is -4.59. The largest absolute Gasteiger partial charge is 0.435 e. The van der Waals surface area contributed by atoms with Gasteiger partial charge in [-0.15, -0.1) is 0 Å². The van der Waals surface area contributed by atoms with E-state index in [-0.39, 0.29) is 21.8 Å². The van der Waals surface area contributed by atoms with Gasteiger partial charge in [0.1, 0.15) is 0 Å². The van der Waals surface area contributed by atoms with E-state index in [4.69, 9.17) is 10.9 Å². The van der Waals surface area contributed by atoms with Gasteiger partial charge in [0.2, 0.25) is 10.0 Å². The summed E-state index contributed by atoms with van der Waals surface area (Å²) in [5.74, 6) is 0. The number of nitrogens with two attached hydrogens (primary N) is 2. The van der Waals surface area contributed by atoms with Crippen molar-refractivity contribution in [3.8, 4) is 5.69 Å². The van der Waals surface area contributed by atoms with Crippen LogP contribution >= 0.6 is 0 Å². The normalized spacial score (nSPS) is 12.6. The molecule has 0 amide bonds. The summed E-state index contributed by atoms with van der Waals surface area (Å²) in [5, 5.41) is 8.43. The van der Waals surface area contributed by atoms with Gasteiger partial charge < -0.3 is 5.73 Å². The van der Waals surface area contributed by atoms with E-state index in [2.05, 4.69) is 5.10 Å². The zero-order valence-corrected chi connectivity index (χ0v) is 11.5. The maximum atomic E-state index is 12.5. The lowest BCUT2D eigenvalue weighted by molar-refractivity contribution is -0.141. The number of nitrogen functional groups attached to an aromatic ring is 1. The zero-order chi connectivity index (χ0) is 16.0. The second-order valence-corrected chi connectivity index (χ2v) is 5.88. The molecular formula is C11H11F3N4O2S. The molecule has 0 unspecified atom stereocenters. The molecule has 0 aliphatic carbocycles. The Kier molecular flexibility index (Phi) is 3.46. The molecule has 10 heteroatoms. The molecule has 1 heterocycles. The molecule has 0 radical (unpaired) electrons. The van der Waals surface area contributed by atoms with Crippen LogP contribution in [0.15, 0.2) is 29.3 Å². The second-order valence-electron chi connectivity index (χ2n) is 4.35. The first kappa shape index (κ1) is 15.3. The Balaban J connectivity index is 2.65. The molecule has 21 heavy (non-hydrogen) atoms. The number of anilines is 1. The first-order valence-electron chi connectivity index (χ1n) is 5.56. The van der Waals surface area contributed by atoms with Gasteiger partial charge in [-0.1, -0.05) is 0 Å². The highest BCUT2D eigenvalue weighted by molar-refractivity contribution is 7.89. The molecule has 0 saturated heterocycles. The van der Waals surface area contributed by atoms with Crippen molar-refractivity contribution in [3.63, 3.8) is 0 Å². The molecule has 0 atom stereocenters. The third-order valence-corrected chi connectivity index (χ3v) is 3.82. The molecule has 0 spiro atoms. The predicted molar refractivity (Wildman–Crippen MR) is 69.1 cm³/mol. The Bertz CT molecular complexity index is 796. The summed E-state index contributed by atoms with van der Waals surface area (Å²) < 4.78 is 61.5. The Morgan fingerprint density at radius 1 is 1.29 bits per heavy atom. The molecule has 1 aromatic carbocycles. The molecule has 0 aliphatic rings. The van der Waals surface area contributed by atoms with Gasteiger partial charge in [0.25, 0.3) is 0 Å². The quantitative estimate of drug-likeness (QED) is 0.817. The van der Waals surface area contributed by atoms with Crippen LogP contribution in [-0.4, -0.2) is 18.2 Å². The lowest BCUT2D eigenvalue weighted by Gasteiger charge is -2.11. The Morgan fingerprint density at radius 3 is 2.38 bits per heavy atom. The first-order valence-corrected chi connectivity index (χ1v) is 7.11. The van der Waals surface area contributed by atoms with Gasteiger partial charge in [-0.25, -0.2) is 18.2 Å². The fourth-order valence-corrected chi connectivity index (χ4v) is 2.67. The molecule has 1 aromatic heterocycles. The van der Waals surface area contributed by atoms with Crippen molar-refractivity contribution >= 4 is 15.7 Å². The van der Waals surface area contributed by atoms with Crippen molar-refractivity contribution in [3.05, 3.63) is 35.7 Å². The smallest absolute Gasteiger partial charge is 0.399 e. The van der Waals surface area contributed by atoms with Crippen LogP contribution in [0.2, 0.25) is 0 Å². The minimum absolute atomic E-state index is 0.0451. The van der Waals surface area contributed by atoms with Gasteiger partial charge >= 0.3 is 6.18 Å². The summed E-state index contributed by atoms with van der Waals surface area (Å²) in [5.41, 5.74) is 4.78. The maximum absolute atomic E-state index is 12.5. The number of benzene rings is 1. The van der Waals surface area contributed by atoms with Crippen molar-refractivity contribution in [1.82, 2.24) is 9.78 Å². The Hall–Kier alpha value is -2.07. The van der Waals surface area contributed by atoms with E-state index in [1.165, 1.54) is 13.0 Å². The van der Waals surface area contributed by atoms with Crippen molar-refractivity contribution in [2.75, 3.05) is 5.73 Å². The standard InChI is InChI=1S/C11H11F3N4O2S/c1-6-8(4-7(15)5-9(6)21(16,19)20)18-3-2-10(17-18)11(12,13)14/h2-5H,15H2,1H3,(H2,16,19,20). The molecule has 2 aromatic rings. The summed E-state index contributed by atoms with van der Waals surface area (Å²) in [6, 6.07) is 3.23. The number of sulfonamides is 1. The molecule has 0 aliphatic heterocycles. The van der Waals surface area contributed by atoms with E-state index >= 15 is 0 Å². The van der Waals surface area contributed by atoms with Gasteiger partial charge in [0, 0.05) is 11.9 Å². The number of hydrogen-bond acceptors (Lipinski definition) is 4. The Morgan fingerprint density at radius 2 is 1.90 bits per heavy atom. The van der Waals surface area contributed by atoms with Crippen LogP contribution in [0.1, 0.15) is 11.3 Å². The van der Waals surface area contributed by atoms with E-state index in [0.717, 1.165) is 23.0 Å². The summed E-state index contributed by atoms with van der Waals surface area (Å²) in [6.07, 6.45) is -3.53. The van der Waals surface area contributed by atoms with Crippen molar-refractivity contribution < 1.29 is 21.6 Å². The number of primary sulfonamides is 1. The van der Waals surface area contributed by atoms with Gasteiger partial charge in [-0.2, -0.15) is 18.3 Å². The van der Waals surface area contributed by atoms with Crippen molar-refractivity contribution in [2.24, 2.45) is 5.14 Å². The fourth-order valence-electron chi connectivity index (χ4n) is 1.84. The van der Waals surface area contributed by atoms with E-state index in [9.17, 15) is 21.6 Å². The zero-order valence-electron chi connectivity index (χ0n) is 10.7. The summed E-state index contributed by atoms with van der Waals surface area (Å²) in [4.78, 5) is -0.262. The minimum Gasteiger partial charge on any atom is -0.399 e. The second kappa shape index (κ2) is 4.74. The van der Waals surface area contributed by atoms with Gasteiger partial charge in [-0.05, 0) is 30.7 Å². The molecule has 0 fully saturated rings. The van der Waals surface area contributed by atoms with Crippen LogP contribution in [0.3, 0.4) is 0 Å². The molecular weight excluding hydrogens is 309 g/mol. The van der Waals surface area contributed by atoms with Crippen LogP contribution in [0, 0.1) is 6.92 Å². The fraction of sp³-hybridized carbons (Fsp3) is 0.182. The van der Waals surface area contributed by atoms with Crippen LogP contribution in [0.4, 0.5) is 18.9 Å².